The van der Waals surface area contributed by atoms with Crippen molar-refractivity contribution in [2.24, 2.45) is 5.92 Å². The average molecular weight is 360 g/mol. The predicted molar refractivity (Wildman–Crippen MR) is 103 cm³/mol. The SMILES string of the molecule is COc1ccc(C(C)(C)CNC(=O)CC2CC3CCC(C2)N3)cc1OC. The van der Waals surface area contributed by atoms with Crippen molar-refractivity contribution in [2.45, 2.75) is 63.5 Å². The lowest BCUT2D eigenvalue weighted by atomic mass is 9.84. The van der Waals surface area contributed by atoms with Crippen LogP contribution >= 0.6 is 0 Å². The summed E-state index contributed by atoms with van der Waals surface area (Å²) in [5, 5.41) is 6.79. The molecule has 1 aromatic rings. The first-order chi connectivity index (χ1) is 12.4. The van der Waals surface area contributed by atoms with Gasteiger partial charge in [0.05, 0.1) is 14.2 Å². The van der Waals surface area contributed by atoms with E-state index >= 15 is 0 Å². The summed E-state index contributed by atoms with van der Waals surface area (Å²) in [5.41, 5.74) is 0.942. The molecule has 0 radical (unpaired) electrons. The van der Waals surface area contributed by atoms with Crippen LogP contribution in [0.15, 0.2) is 18.2 Å². The number of methoxy groups -OCH3 is 2. The van der Waals surface area contributed by atoms with Crippen LogP contribution in [0, 0.1) is 5.92 Å². The van der Waals surface area contributed by atoms with Crippen molar-refractivity contribution in [2.75, 3.05) is 20.8 Å². The van der Waals surface area contributed by atoms with Gasteiger partial charge in [0.15, 0.2) is 11.5 Å². The van der Waals surface area contributed by atoms with Gasteiger partial charge in [-0.05, 0) is 49.3 Å². The summed E-state index contributed by atoms with van der Waals surface area (Å²) in [6.45, 7) is 4.89. The molecule has 0 spiro atoms. The maximum atomic E-state index is 12.5. The highest BCUT2D eigenvalue weighted by Crippen LogP contribution is 2.34. The summed E-state index contributed by atoms with van der Waals surface area (Å²) in [6, 6.07) is 7.22. The van der Waals surface area contributed by atoms with Crippen molar-refractivity contribution in [3.05, 3.63) is 23.8 Å². The van der Waals surface area contributed by atoms with Crippen molar-refractivity contribution in [3.8, 4) is 11.5 Å². The third kappa shape index (κ3) is 4.32. The van der Waals surface area contributed by atoms with Crippen LogP contribution in [-0.4, -0.2) is 38.8 Å². The van der Waals surface area contributed by atoms with E-state index in [1.165, 1.54) is 12.8 Å². The van der Waals surface area contributed by atoms with E-state index in [2.05, 4.69) is 24.5 Å². The smallest absolute Gasteiger partial charge is 0.220 e. The van der Waals surface area contributed by atoms with E-state index in [0.29, 0.717) is 31.0 Å². The minimum Gasteiger partial charge on any atom is -0.493 e. The van der Waals surface area contributed by atoms with Crippen LogP contribution < -0.4 is 20.1 Å². The number of piperidine rings is 1. The van der Waals surface area contributed by atoms with Crippen molar-refractivity contribution in [1.82, 2.24) is 10.6 Å². The number of ether oxygens (including phenoxy) is 2. The molecule has 0 aromatic heterocycles. The second-order valence-electron chi connectivity index (χ2n) is 8.41. The summed E-state index contributed by atoms with van der Waals surface area (Å²) in [4.78, 5) is 12.5. The number of nitrogens with one attached hydrogen (secondary N) is 2. The molecular formula is C21H32N2O3. The van der Waals surface area contributed by atoms with Gasteiger partial charge >= 0.3 is 0 Å². The molecule has 2 aliphatic heterocycles. The molecule has 2 heterocycles. The summed E-state index contributed by atoms with van der Waals surface area (Å²) >= 11 is 0. The first-order valence-electron chi connectivity index (χ1n) is 9.66. The molecule has 1 amide bonds. The van der Waals surface area contributed by atoms with E-state index in [-0.39, 0.29) is 11.3 Å². The van der Waals surface area contributed by atoms with Crippen molar-refractivity contribution >= 4 is 5.91 Å². The maximum absolute atomic E-state index is 12.5. The maximum Gasteiger partial charge on any atom is 0.220 e. The Morgan fingerprint density at radius 2 is 1.81 bits per heavy atom. The van der Waals surface area contributed by atoms with Gasteiger partial charge in [0.1, 0.15) is 0 Å². The quantitative estimate of drug-likeness (QED) is 0.785. The number of hydrogen-bond acceptors (Lipinski definition) is 4. The summed E-state index contributed by atoms with van der Waals surface area (Å²) in [6.07, 6.45) is 5.48. The Morgan fingerprint density at radius 1 is 1.15 bits per heavy atom. The zero-order valence-corrected chi connectivity index (χ0v) is 16.4. The van der Waals surface area contributed by atoms with Gasteiger partial charge in [-0.2, -0.15) is 0 Å². The summed E-state index contributed by atoms with van der Waals surface area (Å²) in [7, 11) is 3.28. The standard InChI is InChI=1S/C21H32N2O3/c1-21(2,15-5-8-18(25-3)19(12-15)26-4)13-22-20(24)11-14-9-16-6-7-17(10-14)23-16/h5,8,12,14,16-17,23H,6-7,9-11,13H2,1-4H3,(H,22,24). The van der Waals surface area contributed by atoms with E-state index in [0.717, 1.165) is 29.9 Å². The molecule has 2 unspecified atom stereocenters. The van der Waals surface area contributed by atoms with Crippen molar-refractivity contribution < 1.29 is 14.3 Å². The van der Waals surface area contributed by atoms with Gasteiger partial charge in [0.2, 0.25) is 5.91 Å². The third-order valence-electron chi connectivity index (χ3n) is 5.94. The highest BCUT2D eigenvalue weighted by Gasteiger charge is 2.34. The monoisotopic (exact) mass is 360 g/mol. The Hall–Kier alpha value is -1.75. The van der Waals surface area contributed by atoms with E-state index in [1.54, 1.807) is 14.2 Å². The van der Waals surface area contributed by atoms with E-state index in [1.807, 2.05) is 18.2 Å². The van der Waals surface area contributed by atoms with Crippen LogP contribution in [0.3, 0.4) is 0 Å². The lowest BCUT2D eigenvalue weighted by molar-refractivity contribution is -0.122. The summed E-state index contributed by atoms with van der Waals surface area (Å²) in [5.74, 6) is 2.13. The van der Waals surface area contributed by atoms with Crippen LogP contribution in [0.5, 0.6) is 11.5 Å². The molecule has 0 saturated carbocycles. The number of carbonyl (C=O) groups is 1. The number of rotatable bonds is 7. The van der Waals surface area contributed by atoms with E-state index in [9.17, 15) is 4.79 Å². The van der Waals surface area contributed by atoms with Gasteiger partial charge in [-0.1, -0.05) is 19.9 Å². The zero-order valence-electron chi connectivity index (χ0n) is 16.4. The van der Waals surface area contributed by atoms with Crippen LogP contribution in [0.25, 0.3) is 0 Å². The molecule has 5 heteroatoms. The molecule has 26 heavy (non-hydrogen) atoms. The van der Waals surface area contributed by atoms with Gasteiger partial charge in [-0.25, -0.2) is 0 Å². The number of benzene rings is 1. The Labute approximate surface area is 156 Å². The lowest BCUT2D eigenvalue weighted by Crippen LogP contribution is -2.41. The van der Waals surface area contributed by atoms with Crippen LogP contribution in [0.4, 0.5) is 0 Å². The molecule has 2 atom stereocenters. The van der Waals surface area contributed by atoms with Crippen LogP contribution in [0.1, 0.15) is 51.5 Å². The van der Waals surface area contributed by atoms with Crippen molar-refractivity contribution in [1.29, 1.82) is 0 Å². The number of carbonyl (C=O) groups excluding carboxylic acids is 1. The second kappa shape index (κ2) is 7.87. The molecular weight excluding hydrogens is 328 g/mol. The van der Waals surface area contributed by atoms with E-state index in [4.69, 9.17) is 9.47 Å². The van der Waals surface area contributed by atoms with Gasteiger partial charge in [0, 0.05) is 30.5 Å². The fraction of sp³-hybridized carbons (Fsp3) is 0.667. The topological polar surface area (TPSA) is 59.6 Å². The molecule has 3 rings (SSSR count). The normalized spacial score (nSPS) is 25.0. The highest BCUT2D eigenvalue weighted by atomic mass is 16.5. The minimum atomic E-state index is -0.178. The molecule has 144 valence electrons. The van der Waals surface area contributed by atoms with Gasteiger partial charge in [0.25, 0.3) is 0 Å². The predicted octanol–water partition coefficient (Wildman–Crippen LogP) is 3.02. The molecule has 1 aromatic carbocycles. The van der Waals surface area contributed by atoms with Gasteiger partial charge in [-0.15, -0.1) is 0 Å². The molecule has 2 bridgehead atoms. The van der Waals surface area contributed by atoms with Crippen LogP contribution in [-0.2, 0) is 10.2 Å². The fourth-order valence-electron chi connectivity index (χ4n) is 4.35. The Bertz CT molecular complexity index is 632. The molecule has 5 nitrogen and oxygen atoms in total. The van der Waals surface area contributed by atoms with Crippen molar-refractivity contribution in [3.63, 3.8) is 0 Å². The molecule has 2 N–H and O–H groups in total. The largest absolute Gasteiger partial charge is 0.493 e. The molecule has 2 saturated heterocycles. The molecule has 2 aliphatic rings. The fourth-order valence-corrected chi connectivity index (χ4v) is 4.35. The van der Waals surface area contributed by atoms with Crippen LogP contribution in [0.2, 0.25) is 0 Å². The zero-order chi connectivity index (χ0) is 18.7. The highest BCUT2D eigenvalue weighted by molar-refractivity contribution is 5.76. The number of fused-ring (bicyclic) bond motifs is 2. The summed E-state index contributed by atoms with van der Waals surface area (Å²) < 4.78 is 10.7. The molecule has 0 aliphatic carbocycles. The van der Waals surface area contributed by atoms with Gasteiger partial charge in [-0.3, -0.25) is 4.79 Å². The minimum absolute atomic E-state index is 0.171. The van der Waals surface area contributed by atoms with Gasteiger partial charge < -0.3 is 20.1 Å². The lowest BCUT2D eigenvalue weighted by Gasteiger charge is -2.30. The average Bonchev–Trinajstić information content (AvgIpc) is 2.97. The third-order valence-corrected chi connectivity index (χ3v) is 5.94. The Morgan fingerprint density at radius 3 is 2.42 bits per heavy atom. The second-order valence-corrected chi connectivity index (χ2v) is 8.41. The number of amides is 1. The van der Waals surface area contributed by atoms with E-state index < -0.39 is 0 Å². The Kier molecular flexibility index (Phi) is 5.76. The molecule has 2 fully saturated rings. The first kappa shape index (κ1) is 19.0. The Balaban J connectivity index is 1.55. The number of hydrogen-bond donors (Lipinski definition) is 2. The first-order valence-corrected chi connectivity index (χ1v) is 9.66.